The van der Waals surface area contributed by atoms with Crippen molar-refractivity contribution in [3.05, 3.63) is 29.8 Å². The standard InChI is InChI=1S/C18H27N3O2.2ClH/c1-15-5-2-3-6-17(15)20-8-4-9-21(11-10-20)18(22)13-16-14-23-12-7-19-16;;/h2-3,5-6,16,19H,4,7-14H2,1H3;2*1H. The van der Waals surface area contributed by atoms with Crippen LogP contribution in [0.5, 0.6) is 0 Å². The molecule has 3 rings (SSSR count). The Morgan fingerprint density at radius 3 is 2.72 bits per heavy atom. The number of amides is 1. The summed E-state index contributed by atoms with van der Waals surface area (Å²) in [6.45, 7) is 7.98. The lowest BCUT2D eigenvalue weighted by atomic mass is 10.1. The molecule has 0 radical (unpaired) electrons. The molecule has 7 heteroatoms. The first-order chi connectivity index (χ1) is 11.2. The summed E-state index contributed by atoms with van der Waals surface area (Å²) < 4.78 is 5.44. The molecule has 25 heavy (non-hydrogen) atoms. The van der Waals surface area contributed by atoms with E-state index in [9.17, 15) is 4.79 Å². The zero-order valence-corrected chi connectivity index (χ0v) is 16.4. The van der Waals surface area contributed by atoms with E-state index in [1.165, 1.54) is 11.3 Å². The molecule has 2 aliphatic rings. The maximum absolute atomic E-state index is 12.5. The van der Waals surface area contributed by atoms with E-state index in [4.69, 9.17) is 4.74 Å². The molecule has 5 nitrogen and oxygen atoms in total. The van der Waals surface area contributed by atoms with Crippen LogP contribution in [0.4, 0.5) is 5.69 Å². The number of benzene rings is 1. The van der Waals surface area contributed by atoms with Gasteiger partial charge in [0.15, 0.2) is 0 Å². The molecule has 1 aromatic carbocycles. The number of nitrogens with zero attached hydrogens (tertiary/aromatic N) is 2. The fourth-order valence-electron chi connectivity index (χ4n) is 3.42. The van der Waals surface area contributed by atoms with Gasteiger partial charge in [0.1, 0.15) is 0 Å². The number of halogens is 2. The summed E-state index contributed by atoms with van der Waals surface area (Å²) in [7, 11) is 0. The third kappa shape index (κ3) is 6.03. The van der Waals surface area contributed by atoms with Crippen LogP contribution in [0, 0.1) is 6.92 Å². The summed E-state index contributed by atoms with van der Waals surface area (Å²) in [5.74, 6) is 0.250. The maximum atomic E-state index is 12.5. The molecule has 0 spiro atoms. The Hall–Kier alpha value is -1.01. The van der Waals surface area contributed by atoms with Gasteiger partial charge in [-0.3, -0.25) is 4.79 Å². The van der Waals surface area contributed by atoms with Gasteiger partial charge in [0.05, 0.1) is 13.2 Å². The zero-order chi connectivity index (χ0) is 16.1. The SMILES string of the molecule is Cc1ccccc1N1CCCN(C(=O)CC2COCCN2)CC1.Cl.Cl. The number of carbonyl (C=O) groups excluding carboxylic acids is 1. The normalized spacial score (nSPS) is 20.9. The fourth-order valence-corrected chi connectivity index (χ4v) is 3.42. The monoisotopic (exact) mass is 389 g/mol. The van der Waals surface area contributed by atoms with Crippen LogP contribution < -0.4 is 10.2 Å². The van der Waals surface area contributed by atoms with Gasteiger partial charge in [-0.05, 0) is 25.0 Å². The average molecular weight is 390 g/mol. The highest BCUT2D eigenvalue weighted by Crippen LogP contribution is 2.21. The molecule has 1 unspecified atom stereocenters. The van der Waals surface area contributed by atoms with Crippen molar-refractivity contribution in [3.63, 3.8) is 0 Å². The van der Waals surface area contributed by atoms with Crippen LogP contribution in [0.2, 0.25) is 0 Å². The van der Waals surface area contributed by atoms with Crippen LogP contribution in [0.1, 0.15) is 18.4 Å². The van der Waals surface area contributed by atoms with Crippen molar-refractivity contribution in [1.82, 2.24) is 10.2 Å². The van der Waals surface area contributed by atoms with Gasteiger partial charge in [-0.15, -0.1) is 24.8 Å². The van der Waals surface area contributed by atoms with Gasteiger partial charge in [0.25, 0.3) is 0 Å². The average Bonchev–Trinajstić information content (AvgIpc) is 2.82. The van der Waals surface area contributed by atoms with E-state index in [0.717, 1.165) is 45.8 Å². The lowest BCUT2D eigenvalue weighted by molar-refractivity contribution is -0.132. The second-order valence-corrected chi connectivity index (χ2v) is 6.44. The minimum Gasteiger partial charge on any atom is -0.378 e. The number of nitrogens with one attached hydrogen (secondary N) is 1. The highest BCUT2D eigenvalue weighted by Gasteiger charge is 2.23. The van der Waals surface area contributed by atoms with Gasteiger partial charge in [-0.1, -0.05) is 18.2 Å². The summed E-state index contributed by atoms with van der Waals surface area (Å²) in [6.07, 6.45) is 1.57. The Morgan fingerprint density at radius 1 is 1.20 bits per heavy atom. The molecular formula is C18H29Cl2N3O2. The first kappa shape index (κ1) is 22.0. The summed E-state index contributed by atoms with van der Waals surface area (Å²) in [5, 5.41) is 3.36. The number of hydrogen-bond acceptors (Lipinski definition) is 4. The quantitative estimate of drug-likeness (QED) is 0.860. The molecule has 0 aromatic heterocycles. The second kappa shape index (κ2) is 10.9. The number of rotatable bonds is 3. The van der Waals surface area contributed by atoms with Crippen molar-refractivity contribution < 1.29 is 9.53 Å². The van der Waals surface area contributed by atoms with Gasteiger partial charge in [0.2, 0.25) is 5.91 Å². The summed E-state index contributed by atoms with van der Waals surface area (Å²) in [6, 6.07) is 8.66. The van der Waals surface area contributed by atoms with Gasteiger partial charge in [-0.2, -0.15) is 0 Å². The third-order valence-corrected chi connectivity index (χ3v) is 4.72. The number of carbonyl (C=O) groups is 1. The molecule has 2 heterocycles. The van der Waals surface area contributed by atoms with Crippen molar-refractivity contribution in [2.24, 2.45) is 0 Å². The van der Waals surface area contributed by atoms with E-state index >= 15 is 0 Å². The summed E-state index contributed by atoms with van der Waals surface area (Å²) >= 11 is 0. The molecular weight excluding hydrogens is 361 g/mol. The van der Waals surface area contributed by atoms with Crippen LogP contribution in [-0.4, -0.2) is 62.8 Å². The van der Waals surface area contributed by atoms with Crippen LogP contribution >= 0.6 is 24.8 Å². The van der Waals surface area contributed by atoms with Crippen molar-refractivity contribution in [1.29, 1.82) is 0 Å². The molecule has 1 aromatic rings. The molecule has 0 bridgehead atoms. The molecule has 0 saturated carbocycles. The van der Waals surface area contributed by atoms with Crippen LogP contribution in [0.3, 0.4) is 0 Å². The lowest BCUT2D eigenvalue weighted by Gasteiger charge is -2.27. The number of para-hydroxylation sites is 1. The molecule has 0 aliphatic carbocycles. The van der Waals surface area contributed by atoms with Crippen molar-refractivity contribution in [2.75, 3.05) is 50.8 Å². The van der Waals surface area contributed by atoms with E-state index in [-0.39, 0.29) is 36.8 Å². The topological polar surface area (TPSA) is 44.8 Å². The van der Waals surface area contributed by atoms with Crippen molar-refractivity contribution in [2.45, 2.75) is 25.8 Å². The highest BCUT2D eigenvalue weighted by molar-refractivity contribution is 5.85. The van der Waals surface area contributed by atoms with E-state index in [2.05, 4.69) is 41.4 Å². The Bertz CT molecular complexity index is 539. The summed E-state index contributed by atoms with van der Waals surface area (Å²) in [5.41, 5.74) is 2.60. The Labute approximate surface area is 162 Å². The lowest BCUT2D eigenvalue weighted by Crippen LogP contribution is -2.45. The third-order valence-electron chi connectivity index (χ3n) is 4.72. The van der Waals surface area contributed by atoms with Gasteiger partial charge in [0, 0.05) is 50.9 Å². The number of aryl methyl sites for hydroxylation is 1. The highest BCUT2D eigenvalue weighted by atomic mass is 35.5. The van der Waals surface area contributed by atoms with Gasteiger partial charge < -0.3 is 19.9 Å². The molecule has 2 saturated heterocycles. The Balaban J connectivity index is 0.00000156. The number of hydrogen-bond donors (Lipinski definition) is 1. The molecule has 2 fully saturated rings. The first-order valence-electron chi connectivity index (χ1n) is 8.63. The number of morpholine rings is 1. The molecule has 1 N–H and O–H groups in total. The fraction of sp³-hybridized carbons (Fsp3) is 0.611. The molecule has 1 atom stereocenters. The predicted molar refractivity (Wildman–Crippen MR) is 106 cm³/mol. The van der Waals surface area contributed by atoms with Crippen LogP contribution in [0.25, 0.3) is 0 Å². The van der Waals surface area contributed by atoms with Gasteiger partial charge in [-0.25, -0.2) is 0 Å². The minimum absolute atomic E-state index is 0. The predicted octanol–water partition coefficient (Wildman–Crippen LogP) is 2.26. The van der Waals surface area contributed by atoms with E-state index in [0.29, 0.717) is 13.0 Å². The summed E-state index contributed by atoms with van der Waals surface area (Å²) in [4.78, 5) is 17.0. The number of anilines is 1. The minimum atomic E-state index is 0. The molecule has 1 amide bonds. The Kier molecular flexibility index (Phi) is 9.57. The van der Waals surface area contributed by atoms with Gasteiger partial charge >= 0.3 is 0 Å². The Morgan fingerprint density at radius 2 is 2.00 bits per heavy atom. The van der Waals surface area contributed by atoms with Crippen molar-refractivity contribution >= 4 is 36.4 Å². The van der Waals surface area contributed by atoms with E-state index in [1.807, 2.05) is 4.90 Å². The maximum Gasteiger partial charge on any atom is 0.224 e. The first-order valence-corrected chi connectivity index (χ1v) is 8.63. The second-order valence-electron chi connectivity index (χ2n) is 6.44. The van der Waals surface area contributed by atoms with E-state index < -0.39 is 0 Å². The molecule has 142 valence electrons. The van der Waals surface area contributed by atoms with Crippen LogP contribution in [0.15, 0.2) is 24.3 Å². The van der Waals surface area contributed by atoms with E-state index in [1.54, 1.807) is 0 Å². The molecule has 2 aliphatic heterocycles. The zero-order valence-electron chi connectivity index (χ0n) is 14.8. The van der Waals surface area contributed by atoms with Crippen molar-refractivity contribution in [3.8, 4) is 0 Å². The largest absolute Gasteiger partial charge is 0.378 e. The van der Waals surface area contributed by atoms with Crippen LogP contribution in [-0.2, 0) is 9.53 Å². The smallest absolute Gasteiger partial charge is 0.224 e. The number of ether oxygens (including phenoxy) is 1.